The van der Waals surface area contributed by atoms with E-state index in [0.29, 0.717) is 0 Å². The first-order valence-electron chi connectivity index (χ1n) is 7.02. The van der Waals surface area contributed by atoms with E-state index < -0.39 is 17.6 Å². The van der Waals surface area contributed by atoms with Crippen LogP contribution >= 0.6 is 11.8 Å². The van der Waals surface area contributed by atoms with Gasteiger partial charge in [-0.15, -0.1) is 0 Å². The van der Waals surface area contributed by atoms with Gasteiger partial charge in [-0.2, -0.15) is 13.2 Å². The Morgan fingerprint density at radius 3 is 2.43 bits per heavy atom. The molecule has 0 bridgehead atoms. The number of nitrogens with zero attached hydrogens (tertiary/aromatic N) is 1. The average Bonchev–Trinajstić information content (AvgIpc) is 3.15. The highest BCUT2D eigenvalue weighted by Crippen LogP contribution is 2.36. The van der Waals surface area contributed by atoms with Gasteiger partial charge in [0.1, 0.15) is 12.1 Å². The van der Waals surface area contributed by atoms with E-state index in [1.807, 2.05) is 0 Å². The van der Waals surface area contributed by atoms with Crippen LogP contribution in [0.4, 0.5) is 13.2 Å². The lowest BCUT2D eigenvalue weighted by Gasteiger charge is -2.41. The molecule has 4 nitrogen and oxygen atoms in total. The summed E-state index contributed by atoms with van der Waals surface area (Å²) in [7, 11) is 0. The fourth-order valence-corrected chi connectivity index (χ4v) is 3.20. The zero-order valence-electron chi connectivity index (χ0n) is 11.9. The standard InChI is InChI=1S/C13H19F3N2O2S/c1-7(2)10-11(19)17-9(8-3-4-8)12(20)18(10)5-6-21-13(14,15)16/h7-10H,3-6H2,1-2H3,(H,17,19). The topological polar surface area (TPSA) is 49.4 Å². The number of hydrogen-bond donors (Lipinski definition) is 1. The highest BCUT2D eigenvalue weighted by atomic mass is 32.2. The first kappa shape index (κ1) is 16.5. The number of piperazine rings is 1. The van der Waals surface area contributed by atoms with Crippen molar-refractivity contribution in [3.8, 4) is 0 Å². The van der Waals surface area contributed by atoms with E-state index in [1.54, 1.807) is 13.8 Å². The van der Waals surface area contributed by atoms with E-state index in [9.17, 15) is 22.8 Å². The van der Waals surface area contributed by atoms with Gasteiger partial charge in [-0.3, -0.25) is 9.59 Å². The van der Waals surface area contributed by atoms with Gasteiger partial charge in [-0.1, -0.05) is 13.8 Å². The lowest BCUT2D eigenvalue weighted by molar-refractivity contribution is -0.151. The Balaban J connectivity index is 2.06. The third kappa shape index (κ3) is 4.05. The molecule has 1 heterocycles. The van der Waals surface area contributed by atoms with Gasteiger partial charge in [0.25, 0.3) is 0 Å². The summed E-state index contributed by atoms with van der Waals surface area (Å²) >= 11 is -0.156. The Labute approximate surface area is 125 Å². The van der Waals surface area contributed by atoms with Crippen molar-refractivity contribution in [2.24, 2.45) is 11.8 Å². The molecule has 8 heteroatoms. The van der Waals surface area contributed by atoms with Gasteiger partial charge < -0.3 is 10.2 Å². The summed E-state index contributed by atoms with van der Waals surface area (Å²) in [6.45, 7) is 3.53. The Hall–Kier alpha value is -0.920. The molecule has 0 aromatic heterocycles. The van der Waals surface area contributed by atoms with Crippen LogP contribution in [0, 0.1) is 11.8 Å². The predicted molar refractivity (Wildman–Crippen MR) is 73.5 cm³/mol. The minimum atomic E-state index is -4.32. The summed E-state index contributed by atoms with van der Waals surface area (Å²) in [5, 5.41) is 2.74. The number of alkyl halides is 3. The Bertz CT molecular complexity index is 424. The van der Waals surface area contributed by atoms with E-state index in [2.05, 4.69) is 5.32 Å². The van der Waals surface area contributed by atoms with Crippen molar-refractivity contribution in [1.29, 1.82) is 0 Å². The van der Waals surface area contributed by atoms with Crippen molar-refractivity contribution in [2.75, 3.05) is 12.3 Å². The molecule has 21 heavy (non-hydrogen) atoms. The lowest BCUT2D eigenvalue weighted by atomic mass is 9.95. The molecule has 1 aliphatic heterocycles. The zero-order valence-corrected chi connectivity index (χ0v) is 12.8. The molecular formula is C13H19F3N2O2S. The third-order valence-electron chi connectivity index (χ3n) is 3.77. The minimum Gasteiger partial charge on any atom is -0.342 e. The summed E-state index contributed by atoms with van der Waals surface area (Å²) in [4.78, 5) is 25.9. The normalized spacial score (nSPS) is 27.2. The van der Waals surface area contributed by atoms with Gasteiger partial charge in [-0.05, 0) is 36.4 Å². The number of carbonyl (C=O) groups excluding carboxylic acids is 2. The van der Waals surface area contributed by atoms with Gasteiger partial charge in [0.2, 0.25) is 11.8 Å². The summed E-state index contributed by atoms with van der Waals surface area (Å²) in [5.41, 5.74) is -4.32. The van der Waals surface area contributed by atoms with Crippen molar-refractivity contribution in [2.45, 2.75) is 44.3 Å². The molecule has 0 spiro atoms. The van der Waals surface area contributed by atoms with Crippen molar-refractivity contribution in [1.82, 2.24) is 10.2 Å². The molecular weight excluding hydrogens is 305 g/mol. The fourth-order valence-electron chi connectivity index (χ4n) is 2.68. The van der Waals surface area contributed by atoms with Gasteiger partial charge >= 0.3 is 5.51 Å². The van der Waals surface area contributed by atoms with Crippen LogP contribution in [0.25, 0.3) is 0 Å². The maximum absolute atomic E-state index is 12.4. The van der Waals surface area contributed by atoms with E-state index >= 15 is 0 Å². The molecule has 2 unspecified atom stereocenters. The molecule has 0 radical (unpaired) electrons. The average molecular weight is 324 g/mol. The quantitative estimate of drug-likeness (QED) is 0.841. The van der Waals surface area contributed by atoms with Crippen LogP contribution in [-0.4, -0.2) is 46.6 Å². The second kappa shape index (κ2) is 6.06. The Kier molecular flexibility index (Phi) is 4.75. The largest absolute Gasteiger partial charge is 0.441 e. The third-order valence-corrected chi connectivity index (χ3v) is 4.49. The van der Waals surface area contributed by atoms with E-state index in [-0.39, 0.29) is 47.7 Å². The Morgan fingerprint density at radius 1 is 1.33 bits per heavy atom. The monoisotopic (exact) mass is 324 g/mol. The molecule has 120 valence electrons. The second-order valence-electron chi connectivity index (χ2n) is 5.84. The molecule has 2 fully saturated rings. The number of carbonyl (C=O) groups is 2. The van der Waals surface area contributed by atoms with Crippen LogP contribution in [0.15, 0.2) is 0 Å². The molecule has 2 aliphatic rings. The molecule has 0 aromatic carbocycles. The summed E-state index contributed by atoms with van der Waals surface area (Å²) in [5.74, 6) is -0.724. The highest BCUT2D eigenvalue weighted by Gasteiger charge is 2.47. The van der Waals surface area contributed by atoms with Crippen LogP contribution in [-0.2, 0) is 9.59 Å². The number of halogens is 3. The number of rotatable bonds is 5. The molecule has 2 atom stereocenters. The van der Waals surface area contributed by atoms with Crippen molar-refractivity contribution in [3.63, 3.8) is 0 Å². The second-order valence-corrected chi connectivity index (χ2v) is 7.00. The first-order valence-corrected chi connectivity index (χ1v) is 8.01. The van der Waals surface area contributed by atoms with Crippen LogP contribution in [0.2, 0.25) is 0 Å². The molecule has 2 rings (SSSR count). The van der Waals surface area contributed by atoms with Crippen LogP contribution in [0.3, 0.4) is 0 Å². The molecule has 2 amide bonds. The van der Waals surface area contributed by atoms with Crippen LogP contribution in [0.1, 0.15) is 26.7 Å². The highest BCUT2D eigenvalue weighted by molar-refractivity contribution is 8.00. The minimum absolute atomic E-state index is 0.0531. The lowest BCUT2D eigenvalue weighted by Crippen LogP contribution is -2.65. The number of amides is 2. The van der Waals surface area contributed by atoms with Crippen molar-refractivity contribution >= 4 is 23.6 Å². The van der Waals surface area contributed by atoms with Crippen molar-refractivity contribution in [3.05, 3.63) is 0 Å². The molecule has 1 saturated carbocycles. The fraction of sp³-hybridized carbons (Fsp3) is 0.846. The summed E-state index contributed by atoms with van der Waals surface area (Å²) < 4.78 is 36.7. The van der Waals surface area contributed by atoms with Gasteiger partial charge in [0, 0.05) is 12.3 Å². The maximum atomic E-state index is 12.4. The Morgan fingerprint density at radius 2 is 1.95 bits per heavy atom. The van der Waals surface area contributed by atoms with E-state index in [1.165, 1.54) is 4.90 Å². The van der Waals surface area contributed by atoms with E-state index in [4.69, 9.17) is 0 Å². The molecule has 0 aromatic rings. The smallest absolute Gasteiger partial charge is 0.342 e. The van der Waals surface area contributed by atoms with Gasteiger partial charge in [0.15, 0.2) is 0 Å². The number of nitrogens with one attached hydrogen (secondary N) is 1. The van der Waals surface area contributed by atoms with Crippen LogP contribution < -0.4 is 5.32 Å². The first-order chi connectivity index (χ1) is 9.70. The number of hydrogen-bond acceptors (Lipinski definition) is 3. The van der Waals surface area contributed by atoms with E-state index in [0.717, 1.165) is 12.8 Å². The summed E-state index contributed by atoms with van der Waals surface area (Å²) in [6.07, 6.45) is 1.77. The predicted octanol–water partition coefficient (Wildman–Crippen LogP) is 2.00. The number of thioether (sulfide) groups is 1. The summed E-state index contributed by atoms with van der Waals surface area (Å²) in [6, 6.07) is -1.23. The van der Waals surface area contributed by atoms with Gasteiger partial charge in [-0.25, -0.2) is 0 Å². The molecule has 1 saturated heterocycles. The van der Waals surface area contributed by atoms with Gasteiger partial charge in [0.05, 0.1) is 0 Å². The van der Waals surface area contributed by atoms with Crippen molar-refractivity contribution < 1.29 is 22.8 Å². The molecule has 1 N–H and O–H groups in total. The molecule has 1 aliphatic carbocycles. The SMILES string of the molecule is CC(C)C1C(=O)NC(C2CC2)C(=O)N1CCSC(F)(F)F. The zero-order chi connectivity index (χ0) is 15.8. The maximum Gasteiger partial charge on any atom is 0.441 e. The van der Waals surface area contributed by atoms with Crippen LogP contribution in [0.5, 0.6) is 0 Å².